The highest BCUT2D eigenvalue weighted by Crippen LogP contribution is 2.21. The van der Waals surface area contributed by atoms with E-state index >= 15 is 0 Å². The van der Waals surface area contributed by atoms with Gasteiger partial charge < -0.3 is 9.72 Å². The van der Waals surface area contributed by atoms with Gasteiger partial charge in [-0.2, -0.15) is 0 Å². The third-order valence-electron chi connectivity index (χ3n) is 3.92. The van der Waals surface area contributed by atoms with Crippen LogP contribution < -0.4 is 5.32 Å². The molecule has 4 nitrogen and oxygen atoms in total. The van der Waals surface area contributed by atoms with Crippen LogP contribution in [0.3, 0.4) is 0 Å². The number of aromatic nitrogens is 2. The van der Waals surface area contributed by atoms with Crippen LogP contribution in [0.1, 0.15) is 10.4 Å². The number of nitrogens with one attached hydrogen (secondary N) is 1. The number of rotatable bonds is 3. The molecule has 2 heterocycles. The lowest BCUT2D eigenvalue weighted by Gasteiger charge is -2.07. The summed E-state index contributed by atoms with van der Waals surface area (Å²) in [6.07, 6.45) is 5.21. The van der Waals surface area contributed by atoms with Crippen molar-refractivity contribution in [3.05, 3.63) is 91.0 Å². The number of anilines is 1. The van der Waals surface area contributed by atoms with E-state index in [9.17, 15) is 4.79 Å². The molecule has 2 aromatic heterocycles. The van der Waals surface area contributed by atoms with Crippen LogP contribution in [0.2, 0.25) is 0 Å². The molecule has 1 N–H and O–H groups in total. The van der Waals surface area contributed by atoms with Gasteiger partial charge in [0.2, 0.25) is 0 Å². The topological polar surface area (TPSA) is 46.4 Å². The van der Waals surface area contributed by atoms with Crippen molar-refractivity contribution in [2.75, 3.05) is 5.32 Å². The Bertz CT molecular complexity index is 988. The Hall–Kier alpha value is -3.40. The van der Waals surface area contributed by atoms with Gasteiger partial charge in [-0.05, 0) is 35.4 Å². The van der Waals surface area contributed by atoms with Gasteiger partial charge >= 0.3 is 0 Å². The fourth-order valence-corrected chi connectivity index (χ4v) is 2.63. The summed E-state index contributed by atoms with van der Waals surface area (Å²) < 4.78 is 1.83. The first-order valence-electron chi connectivity index (χ1n) is 7.68. The van der Waals surface area contributed by atoms with Gasteiger partial charge in [0.15, 0.2) is 0 Å². The maximum absolute atomic E-state index is 12.4. The second-order valence-corrected chi connectivity index (χ2v) is 5.54. The summed E-state index contributed by atoms with van der Waals surface area (Å²) in [4.78, 5) is 16.4. The van der Waals surface area contributed by atoms with Gasteiger partial charge in [-0.3, -0.25) is 4.79 Å². The van der Waals surface area contributed by atoms with Gasteiger partial charge in [-0.1, -0.05) is 42.5 Å². The van der Waals surface area contributed by atoms with E-state index in [-0.39, 0.29) is 5.91 Å². The number of carbonyl (C=O) groups is 1. The molecule has 0 radical (unpaired) electrons. The molecular formula is C20H15N3O. The van der Waals surface area contributed by atoms with E-state index < -0.39 is 0 Å². The molecule has 116 valence electrons. The maximum atomic E-state index is 12.4. The van der Waals surface area contributed by atoms with Crippen LogP contribution in [0.15, 0.2) is 85.5 Å². The van der Waals surface area contributed by atoms with Gasteiger partial charge in [-0.25, -0.2) is 4.98 Å². The number of pyridine rings is 1. The fraction of sp³-hybridized carbons (Fsp3) is 0. The zero-order chi connectivity index (χ0) is 16.4. The molecule has 1 amide bonds. The summed E-state index contributed by atoms with van der Waals surface area (Å²) in [6, 6.07) is 21.6. The minimum Gasteiger partial charge on any atom is -0.322 e. The number of nitrogens with zero attached hydrogens (tertiary/aromatic N) is 2. The van der Waals surface area contributed by atoms with Crippen molar-refractivity contribution in [3.8, 4) is 11.1 Å². The molecule has 0 fully saturated rings. The average molecular weight is 313 g/mol. The Kier molecular flexibility index (Phi) is 3.56. The summed E-state index contributed by atoms with van der Waals surface area (Å²) in [5, 5.41) is 2.92. The lowest BCUT2D eigenvalue weighted by Crippen LogP contribution is -2.12. The largest absolute Gasteiger partial charge is 0.322 e. The molecule has 0 saturated heterocycles. The van der Waals surface area contributed by atoms with E-state index in [1.54, 1.807) is 24.8 Å². The molecule has 0 saturated carbocycles. The van der Waals surface area contributed by atoms with Crippen LogP contribution in [0.4, 0.5) is 5.69 Å². The van der Waals surface area contributed by atoms with E-state index in [0.717, 1.165) is 22.3 Å². The fourth-order valence-electron chi connectivity index (χ4n) is 2.63. The first-order valence-corrected chi connectivity index (χ1v) is 7.68. The van der Waals surface area contributed by atoms with Crippen molar-refractivity contribution in [2.45, 2.75) is 0 Å². The van der Waals surface area contributed by atoms with Crippen LogP contribution in [0.5, 0.6) is 0 Å². The molecule has 24 heavy (non-hydrogen) atoms. The number of hydrogen-bond donors (Lipinski definition) is 1. The second kappa shape index (κ2) is 6.01. The molecule has 4 heteroatoms. The Morgan fingerprint density at radius 2 is 1.62 bits per heavy atom. The summed E-state index contributed by atoms with van der Waals surface area (Å²) in [5.41, 5.74) is 4.59. The summed E-state index contributed by atoms with van der Waals surface area (Å²) in [6.45, 7) is 0. The SMILES string of the molecule is O=C(Nc1ccc(-c2ccccc2)cc1)c1ccc2cncn2c1. The van der Waals surface area contributed by atoms with Crippen molar-refractivity contribution in [1.29, 1.82) is 0 Å². The van der Waals surface area contributed by atoms with Crippen molar-refractivity contribution in [3.63, 3.8) is 0 Å². The summed E-state index contributed by atoms with van der Waals surface area (Å²) in [5.74, 6) is -0.141. The average Bonchev–Trinajstić information content (AvgIpc) is 3.11. The minimum absolute atomic E-state index is 0.141. The predicted molar refractivity (Wildman–Crippen MR) is 95.0 cm³/mol. The van der Waals surface area contributed by atoms with E-state index in [2.05, 4.69) is 22.4 Å². The number of fused-ring (bicyclic) bond motifs is 1. The standard InChI is InChI=1S/C20H15N3O/c24-20(17-8-11-19-12-21-14-23(19)13-17)22-18-9-6-16(7-10-18)15-4-2-1-3-5-15/h1-14H,(H,22,24). The Morgan fingerprint density at radius 3 is 2.42 bits per heavy atom. The molecule has 0 aliphatic carbocycles. The zero-order valence-electron chi connectivity index (χ0n) is 12.9. The molecule has 2 aromatic carbocycles. The summed E-state index contributed by atoms with van der Waals surface area (Å²) >= 11 is 0. The number of imidazole rings is 1. The van der Waals surface area contributed by atoms with Crippen LogP contribution >= 0.6 is 0 Å². The second-order valence-electron chi connectivity index (χ2n) is 5.54. The van der Waals surface area contributed by atoms with Crippen molar-refractivity contribution in [2.24, 2.45) is 0 Å². The van der Waals surface area contributed by atoms with E-state index in [1.807, 2.05) is 52.9 Å². The van der Waals surface area contributed by atoms with E-state index in [4.69, 9.17) is 0 Å². The number of hydrogen-bond acceptors (Lipinski definition) is 2. The molecule has 0 aliphatic rings. The predicted octanol–water partition coefficient (Wildman–Crippen LogP) is 4.25. The number of carbonyl (C=O) groups excluding carboxylic acids is 1. The highest BCUT2D eigenvalue weighted by atomic mass is 16.1. The molecule has 4 aromatic rings. The summed E-state index contributed by atoms with van der Waals surface area (Å²) in [7, 11) is 0. The molecule has 0 spiro atoms. The van der Waals surface area contributed by atoms with Gasteiger partial charge in [0.25, 0.3) is 5.91 Å². The maximum Gasteiger partial charge on any atom is 0.257 e. The normalized spacial score (nSPS) is 10.7. The van der Waals surface area contributed by atoms with Crippen LogP contribution in [0, 0.1) is 0 Å². The zero-order valence-corrected chi connectivity index (χ0v) is 12.9. The monoisotopic (exact) mass is 313 g/mol. The van der Waals surface area contributed by atoms with Crippen molar-refractivity contribution >= 4 is 17.1 Å². The van der Waals surface area contributed by atoms with Crippen molar-refractivity contribution in [1.82, 2.24) is 9.38 Å². The molecule has 4 rings (SSSR count). The van der Waals surface area contributed by atoms with Gasteiger partial charge in [0.1, 0.15) is 0 Å². The van der Waals surface area contributed by atoms with Crippen LogP contribution in [-0.4, -0.2) is 15.3 Å². The van der Waals surface area contributed by atoms with Crippen LogP contribution in [0.25, 0.3) is 16.6 Å². The lowest BCUT2D eigenvalue weighted by molar-refractivity contribution is 0.102. The van der Waals surface area contributed by atoms with E-state index in [1.165, 1.54) is 0 Å². The van der Waals surface area contributed by atoms with Crippen molar-refractivity contribution < 1.29 is 4.79 Å². The first-order chi connectivity index (χ1) is 11.8. The molecule has 0 unspecified atom stereocenters. The molecule has 0 aliphatic heterocycles. The quantitative estimate of drug-likeness (QED) is 0.614. The van der Waals surface area contributed by atoms with Crippen LogP contribution in [-0.2, 0) is 0 Å². The minimum atomic E-state index is -0.141. The highest BCUT2D eigenvalue weighted by Gasteiger charge is 2.07. The Morgan fingerprint density at radius 1 is 0.875 bits per heavy atom. The highest BCUT2D eigenvalue weighted by molar-refractivity contribution is 6.04. The Balaban J connectivity index is 1.53. The third kappa shape index (κ3) is 2.77. The number of benzene rings is 2. The first kappa shape index (κ1) is 14.2. The molecular weight excluding hydrogens is 298 g/mol. The molecule has 0 atom stereocenters. The van der Waals surface area contributed by atoms with Gasteiger partial charge in [-0.15, -0.1) is 0 Å². The van der Waals surface area contributed by atoms with Gasteiger partial charge in [0, 0.05) is 11.9 Å². The smallest absolute Gasteiger partial charge is 0.257 e. The van der Waals surface area contributed by atoms with E-state index in [0.29, 0.717) is 5.56 Å². The number of amides is 1. The van der Waals surface area contributed by atoms with Gasteiger partial charge in [0.05, 0.1) is 23.6 Å². The third-order valence-corrected chi connectivity index (χ3v) is 3.92. The lowest BCUT2D eigenvalue weighted by atomic mass is 10.1. The Labute approximate surface area is 139 Å². The molecule has 0 bridgehead atoms.